The number of benzene rings is 1. The van der Waals surface area contributed by atoms with Crippen molar-refractivity contribution in [2.45, 2.75) is 0 Å². The molecule has 0 saturated carbocycles. The Kier molecular flexibility index (Phi) is 4.54. The Morgan fingerprint density at radius 2 is 2.00 bits per heavy atom. The monoisotopic (exact) mass is 406 g/mol. The second-order valence-corrected chi connectivity index (χ2v) is 5.76. The molecule has 0 fully saturated rings. The molecule has 0 radical (unpaired) electrons. The fraction of sp³-hybridized carbons (Fsp3) is 0. The van der Waals surface area contributed by atoms with Gasteiger partial charge in [0.15, 0.2) is 0 Å². The molecule has 1 heterocycles. The molecule has 2 aromatic rings. The third kappa shape index (κ3) is 3.52. The van der Waals surface area contributed by atoms with E-state index in [0.29, 0.717) is 8.95 Å². The van der Waals surface area contributed by atoms with Crippen molar-refractivity contribution in [2.24, 2.45) is 0 Å². The Hall–Kier alpha value is -0.980. The molecule has 3 nitrogen and oxygen atoms in total. The molecule has 0 saturated heterocycles. The predicted molar refractivity (Wildman–Crippen MR) is 79.0 cm³/mol. The summed E-state index contributed by atoms with van der Waals surface area (Å²) >= 11 is 12.2. The Bertz CT molecular complexity index is 652. The van der Waals surface area contributed by atoms with Gasteiger partial charge in [-0.15, -0.1) is 0 Å². The van der Waals surface area contributed by atoms with Crippen LogP contribution < -0.4 is 5.32 Å². The van der Waals surface area contributed by atoms with Gasteiger partial charge < -0.3 is 5.32 Å². The van der Waals surface area contributed by atoms with Gasteiger partial charge in [-0.1, -0.05) is 27.5 Å². The van der Waals surface area contributed by atoms with Gasteiger partial charge in [0, 0.05) is 15.1 Å². The van der Waals surface area contributed by atoms with Crippen LogP contribution in [0.5, 0.6) is 0 Å². The highest BCUT2D eigenvalue weighted by atomic mass is 79.9. The van der Waals surface area contributed by atoms with Crippen molar-refractivity contribution >= 4 is 55.1 Å². The second kappa shape index (κ2) is 5.98. The molecule has 0 aliphatic rings. The zero-order valence-corrected chi connectivity index (χ0v) is 13.2. The van der Waals surface area contributed by atoms with E-state index in [-0.39, 0.29) is 16.4 Å². The molecule has 0 aliphatic carbocycles. The van der Waals surface area contributed by atoms with Gasteiger partial charge in [0.2, 0.25) is 0 Å². The molecular weight excluding hydrogens is 402 g/mol. The molecule has 1 amide bonds. The Morgan fingerprint density at radius 3 is 2.74 bits per heavy atom. The van der Waals surface area contributed by atoms with E-state index < -0.39 is 11.7 Å². The molecule has 0 unspecified atom stereocenters. The summed E-state index contributed by atoms with van der Waals surface area (Å²) in [4.78, 5) is 15.8. The summed E-state index contributed by atoms with van der Waals surface area (Å²) in [6, 6.07) is 5.77. The summed E-state index contributed by atoms with van der Waals surface area (Å²) in [5.41, 5.74) is 0.228. The molecule has 1 aromatic carbocycles. The van der Waals surface area contributed by atoms with Crippen molar-refractivity contribution in [1.29, 1.82) is 0 Å². The lowest BCUT2D eigenvalue weighted by atomic mass is 10.2. The van der Waals surface area contributed by atoms with Crippen LogP contribution in [0.2, 0.25) is 5.15 Å². The fourth-order valence-electron chi connectivity index (χ4n) is 1.36. The first kappa shape index (κ1) is 14.4. The molecule has 1 N–H and O–H groups in total. The molecule has 0 spiro atoms. The summed E-state index contributed by atoms with van der Waals surface area (Å²) in [5.74, 6) is -1.06. The van der Waals surface area contributed by atoms with E-state index in [4.69, 9.17) is 11.6 Å². The summed E-state index contributed by atoms with van der Waals surface area (Å²) < 4.78 is 14.8. The van der Waals surface area contributed by atoms with Gasteiger partial charge in [0.05, 0.1) is 11.3 Å². The molecule has 1 aromatic heterocycles. The van der Waals surface area contributed by atoms with E-state index in [1.54, 1.807) is 6.07 Å². The zero-order valence-electron chi connectivity index (χ0n) is 9.25. The molecule has 0 aliphatic heterocycles. The maximum atomic E-state index is 13.5. The van der Waals surface area contributed by atoms with Crippen molar-refractivity contribution in [3.8, 4) is 0 Å². The van der Waals surface area contributed by atoms with Gasteiger partial charge in [-0.2, -0.15) is 0 Å². The van der Waals surface area contributed by atoms with E-state index in [2.05, 4.69) is 42.2 Å². The topological polar surface area (TPSA) is 42.0 Å². The highest BCUT2D eigenvalue weighted by Gasteiger charge is 2.14. The fourth-order valence-corrected chi connectivity index (χ4v) is 2.25. The number of hydrogen-bond donors (Lipinski definition) is 1. The van der Waals surface area contributed by atoms with E-state index in [1.807, 2.05) is 0 Å². The molecule has 7 heteroatoms. The Labute approximate surface area is 130 Å². The number of nitrogens with zero attached hydrogens (tertiary/aromatic N) is 1. The Morgan fingerprint density at radius 1 is 1.26 bits per heavy atom. The second-order valence-electron chi connectivity index (χ2n) is 3.57. The van der Waals surface area contributed by atoms with E-state index >= 15 is 0 Å². The summed E-state index contributed by atoms with van der Waals surface area (Å²) in [5, 5.41) is 2.50. The van der Waals surface area contributed by atoms with Gasteiger partial charge in [-0.3, -0.25) is 4.79 Å². The summed E-state index contributed by atoms with van der Waals surface area (Å²) in [7, 11) is 0. The van der Waals surface area contributed by atoms with Crippen LogP contribution in [-0.2, 0) is 0 Å². The number of hydrogen-bond acceptors (Lipinski definition) is 2. The number of anilines is 1. The number of aromatic nitrogens is 1. The number of carbonyl (C=O) groups excluding carboxylic acids is 1. The molecule has 2 rings (SSSR count). The Balaban J connectivity index is 2.30. The highest BCUT2D eigenvalue weighted by Crippen LogP contribution is 2.23. The third-order valence-electron chi connectivity index (χ3n) is 2.23. The number of amides is 1. The minimum absolute atomic E-state index is 0.0519. The number of carbonyl (C=O) groups is 1. The highest BCUT2D eigenvalue weighted by molar-refractivity contribution is 9.10. The van der Waals surface area contributed by atoms with Crippen LogP contribution in [-0.4, -0.2) is 10.9 Å². The summed E-state index contributed by atoms with van der Waals surface area (Å²) in [6.45, 7) is 0. The minimum atomic E-state index is -0.532. The lowest BCUT2D eigenvalue weighted by molar-refractivity contribution is 0.102. The lowest BCUT2D eigenvalue weighted by Gasteiger charge is -2.08. The SMILES string of the molecule is O=C(Nc1cc(Br)ccc1F)c1cc(Br)cnc1Cl. The maximum Gasteiger partial charge on any atom is 0.258 e. The van der Waals surface area contributed by atoms with Crippen LogP contribution >= 0.6 is 43.5 Å². The minimum Gasteiger partial charge on any atom is -0.319 e. The third-order valence-corrected chi connectivity index (χ3v) is 3.46. The molecule has 98 valence electrons. The van der Waals surface area contributed by atoms with E-state index in [9.17, 15) is 9.18 Å². The van der Waals surface area contributed by atoms with E-state index in [1.165, 1.54) is 24.4 Å². The first-order valence-electron chi connectivity index (χ1n) is 5.05. The van der Waals surface area contributed by atoms with Gasteiger partial charge >= 0.3 is 0 Å². The van der Waals surface area contributed by atoms with Gasteiger partial charge in [0.1, 0.15) is 11.0 Å². The van der Waals surface area contributed by atoms with E-state index in [0.717, 1.165) is 0 Å². The van der Waals surface area contributed by atoms with Crippen LogP contribution in [0, 0.1) is 5.82 Å². The van der Waals surface area contributed by atoms with Crippen LogP contribution in [0.15, 0.2) is 39.4 Å². The number of halogens is 4. The molecule has 0 atom stereocenters. The van der Waals surface area contributed by atoms with Gasteiger partial charge in [-0.05, 0) is 40.2 Å². The molecule has 0 bridgehead atoms. The average Bonchev–Trinajstić information content (AvgIpc) is 2.36. The first-order valence-corrected chi connectivity index (χ1v) is 7.01. The number of nitrogens with one attached hydrogen (secondary N) is 1. The van der Waals surface area contributed by atoms with Crippen LogP contribution in [0.25, 0.3) is 0 Å². The van der Waals surface area contributed by atoms with Crippen molar-refractivity contribution in [3.63, 3.8) is 0 Å². The largest absolute Gasteiger partial charge is 0.319 e. The molecular formula is C12H6Br2ClFN2O. The quantitative estimate of drug-likeness (QED) is 0.735. The van der Waals surface area contributed by atoms with Crippen LogP contribution in [0.1, 0.15) is 10.4 Å². The van der Waals surface area contributed by atoms with Crippen LogP contribution in [0.3, 0.4) is 0 Å². The first-order chi connectivity index (χ1) is 8.97. The normalized spacial score (nSPS) is 10.3. The number of rotatable bonds is 2. The van der Waals surface area contributed by atoms with Crippen molar-refractivity contribution in [1.82, 2.24) is 4.98 Å². The standard InChI is InChI=1S/C12H6Br2ClFN2O/c13-6-1-2-9(16)10(4-6)18-12(19)8-3-7(14)5-17-11(8)15/h1-5H,(H,18,19). The van der Waals surface area contributed by atoms with Crippen molar-refractivity contribution in [2.75, 3.05) is 5.32 Å². The zero-order chi connectivity index (χ0) is 14.0. The lowest BCUT2D eigenvalue weighted by Crippen LogP contribution is -2.14. The molecule has 19 heavy (non-hydrogen) atoms. The maximum absolute atomic E-state index is 13.5. The summed E-state index contributed by atoms with van der Waals surface area (Å²) in [6.07, 6.45) is 1.47. The number of pyridine rings is 1. The predicted octanol–water partition coefficient (Wildman–Crippen LogP) is 4.65. The van der Waals surface area contributed by atoms with Crippen molar-refractivity contribution in [3.05, 3.63) is 55.9 Å². The average molecular weight is 408 g/mol. The smallest absolute Gasteiger partial charge is 0.258 e. The van der Waals surface area contributed by atoms with Crippen molar-refractivity contribution < 1.29 is 9.18 Å². The van der Waals surface area contributed by atoms with Gasteiger partial charge in [-0.25, -0.2) is 9.37 Å². The van der Waals surface area contributed by atoms with Gasteiger partial charge in [0.25, 0.3) is 5.91 Å². The van der Waals surface area contributed by atoms with Crippen LogP contribution in [0.4, 0.5) is 10.1 Å².